The molecule has 10 heteroatoms. The summed E-state index contributed by atoms with van der Waals surface area (Å²) >= 11 is 12.2. The van der Waals surface area contributed by atoms with Gasteiger partial charge < -0.3 is 18.9 Å². The second kappa shape index (κ2) is 11.3. The molecule has 1 fully saturated rings. The fourth-order valence-electron chi connectivity index (χ4n) is 3.89. The third-order valence-corrected chi connectivity index (χ3v) is 6.19. The monoisotopic (exact) mass is 501 g/mol. The lowest BCUT2D eigenvalue weighted by molar-refractivity contribution is -0.108. The van der Waals surface area contributed by atoms with E-state index in [2.05, 4.69) is 4.99 Å². The third kappa shape index (κ3) is 6.25. The molecule has 0 radical (unpaired) electrons. The summed E-state index contributed by atoms with van der Waals surface area (Å²) in [5.74, 6) is 0.208. The molecular formula is C23H28Cl2FN2O5+. The predicted molar refractivity (Wildman–Crippen MR) is 125 cm³/mol. The Morgan fingerprint density at radius 3 is 2.67 bits per heavy atom. The van der Waals surface area contributed by atoms with Crippen molar-refractivity contribution in [3.63, 3.8) is 0 Å². The largest absolute Gasteiger partial charge is 0.488 e. The minimum absolute atomic E-state index is 0.111. The van der Waals surface area contributed by atoms with Crippen LogP contribution in [0.5, 0.6) is 17.2 Å². The first-order valence-electron chi connectivity index (χ1n) is 10.7. The Labute approximate surface area is 202 Å². The molecule has 0 bridgehead atoms. The summed E-state index contributed by atoms with van der Waals surface area (Å²) < 4.78 is 36.9. The summed E-state index contributed by atoms with van der Waals surface area (Å²) in [6, 6.07) is 3.01. The number of nitrogens with zero attached hydrogens (tertiary/aromatic N) is 1. The lowest BCUT2D eigenvalue weighted by Gasteiger charge is -2.28. The fourth-order valence-corrected chi connectivity index (χ4v) is 4.37. The molecule has 2 atom stereocenters. The molecule has 33 heavy (non-hydrogen) atoms. The van der Waals surface area contributed by atoms with Gasteiger partial charge in [-0.3, -0.25) is 9.79 Å². The summed E-state index contributed by atoms with van der Waals surface area (Å²) in [6.45, 7) is 3.20. The van der Waals surface area contributed by atoms with Crippen LogP contribution in [0.1, 0.15) is 43.0 Å². The Morgan fingerprint density at radius 2 is 2.00 bits per heavy atom. The molecule has 180 valence electrons. The van der Waals surface area contributed by atoms with Gasteiger partial charge in [-0.05, 0) is 43.0 Å². The zero-order valence-electron chi connectivity index (χ0n) is 18.7. The van der Waals surface area contributed by atoms with Crippen molar-refractivity contribution in [3.8, 4) is 17.2 Å². The Morgan fingerprint density at radius 1 is 1.27 bits per heavy atom. The zero-order chi connectivity index (χ0) is 24.0. The summed E-state index contributed by atoms with van der Waals surface area (Å²) in [4.78, 5) is 17.1. The highest BCUT2D eigenvalue weighted by Crippen LogP contribution is 2.46. The first-order valence-corrected chi connectivity index (χ1v) is 11.5. The molecular weight excluding hydrogens is 474 g/mol. The molecule has 2 unspecified atom stereocenters. The summed E-state index contributed by atoms with van der Waals surface area (Å²) in [5.41, 5.74) is 0.195. The Balaban J connectivity index is 1.98. The van der Waals surface area contributed by atoms with Gasteiger partial charge in [-0.15, -0.1) is 0 Å². The molecule has 1 saturated heterocycles. The second-order valence-electron chi connectivity index (χ2n) is 8.14. The van der Waals surface area contributed by atoms with Gasteiger partial charge in [0.15, 0.2) is 17.3 Å². The van der Waals surface area contributed by atoms with Gasteiger partial charge in [-0.25, -0.2) is 9.80 Å². The van der Waals surface area contributed by atoms with Crippen LogP contribution in [-0.2, 0) is 4.74 Å². The van der Waals surface area contributed by atoms with Crippen molar-refractivity contribution in [3.05, 3.63) is 28.3 Å². The smallest absolute Gasteiger partial charge is 0.271 e. The standard InChI is InChI=1S/C23H27Cl2FN2O5/c1-14(26)33-19-5-4-15(18(29)10-16(22(25)27)17(24)11-28-2)20-21(19)32-13-23(12-31-20)6-3-8-30-9-7-23/h4-5,11,14,27H,3,6-10,12-13H2,1-2H3/p+1/b17-16+,27-22?,28-11?. The van der Waals surface area contributed by atoms with E-state index in [-0.39, 0.29) is 56.2 Å². The third-order valence-electron chi connectivity index (χ3n) is 5.64. The summed E-state index contributed by atoms with van der Waals surface area (Å²) in [6.07, 6.45) is 2.06. The lowest BCUT2D eigenvalue weighted by atomic mass is 9.82. The Bertz CT molecular complexity index is 956. The number of allylic oxidation sites excluding steroid dienone is 2. The van der Waals surface area contributed by atoms with Crippen LogP contribution in [0.25, 0.3) is 0 Å². The number of halogens is 3. The number of carbonyl (C=O) groups excluding carboxylic acids is 1. The molecule has 2 N–H and O–H groups in total. The molecule has 0 aromatic heterocycles. The Kier molecular flexibility index (Phi) is 8.73. The molecule has 1 aromatic carbocycles. The van der Waals surface area contributed by atoms with Gasteiger partial charge in [-0.1, -0.05) is 11.6 Å². The number of benzene rings is 1. The number of ether oxygens (including phenoxy) is 4. The normalized spacial score (nSPS) is 22.3. The number of ketones is 1. The summed E-state index contributed by atoms with van der Waals surface area (Å²) in [5, 5.41) is 5.79. The maximum Gasteiger partial charge on any atom is 0.271 e. The van der Waals surface area contributed by atoms with E-state index in [9.17, 15) is 9.18 Å². The van der Waals surface area contributed by atoms with Crippen LogP contribution in [-0.4, -0.2) is 57.0 Å². The van der Waals surface area contributed by atoms with E-state index in [0.29, 0.717) is 26.4 Å². The van der Waals surface area contributed by atoms with Crippen LogP contribution in [0.4, 0.5) is 4.39 Å². The predicted octanol–water partition coefficient (Wildman–Crippen LogP) is 3.50. The fraction of sp³-hybridized carbons (Fsp3) is 0.522. The molecule has 1 spiro atoms. The van der Waals surface area contributed by atoms with Crippen LogP contribution in [0.3, 0.4) is 0 Å². The van der Waals surface area contributed by atoms with E-state index in [1.807, 2.05) is 0 Å². The average Bonchev–Trinajstić information content (AvgIpc) is 3.11. The van der Waals surface area contributed by atoms with Gasteiger partial charge in [0, 0.05) is 45.2 Å². The number of fused-ring (bicyclic) bond motifs is 1. The van der Waals surface area contributed by atoms with Crippen molar-refractivity contribution in [1.82, 2.24) is 0 Å². The maximum atomic E-state index is 13.7. The molecule has 1 aromatic rings. The van der Waals surface area contributed by atoms with Gasteiger partial charge in [0.2, 0.25) is 12.1 Å². The highest BCUT2D eigenvalue weighted by atomic mass is 35.5. The number of nitrogens with two attached hydrogens (primary N) is 1. The van der Waals surface area contributed by atoms with Gasteiger partial charge in [0.25, 0.3) is 5.17 Å². The zero-order valence-corrected chi connectivity index (χ0v) is 20.2. The number of aliphatic imine (C=N–C) groups is 1. The van der Waals surface area contributed by atoms with Gasteiger partial charge in [0.1, 0.15) is 0 Å². The van der Waals surface area contributed by atoms with E-state index in [1.54, 1.807) is 0 Å². The number of hydrogen-bond donors (Lipinski definition) is 1. The molecule has 7 nitrogen and oxygen atoms in total. The number of hydrogen-bond acceptors (Lipinski definition) is 6. The molecule has 0 aliphatic carbocycles. The summed E-state index contributed by atoms with van der Waals surface area (Å²) in [7, 11) is 1.54. The van der Waals surface area contributed by atoms with Crippen molar-refractivity contribution in [2.75, 3.05) is 33.5 Å². The van der Waals surface area contributed by atoms with Crippen molar-refractivity contribution in [1.29, 1.82) is 0 Å². The quantitative estimate of drug-likeness (QED) is 0.455. The van der Waals surface area contributed by atoms with Crippen molar-refractivity contribution < 1.29 is 33.5 Å². The second-order valence-corrected chi connectivity index (χ2v) is 8.95. The maximum absolute atomic E-state index is 13.7. The lowest BCUT2D eigenvalue weighted by Crippen LogP contribution is -2.38. The van der Waals surface area contributed by atoms with E-state index < -0.39 is 6.36 Å². The van der Waals surface area contributed by atoms with Crippen molar-refractivity contribution in [2.24, 2.45) is 10.4 Å². The number of alkyl halides is 1. The van der Waals surface area contributed by atoms with Gasteiger partial charge in [0.05, 0.1) is 29.4 Å². The average molecular weight is 502 g/mol. The number of rotatable bonds is 7. The topological polar surface area (TPSA) is 91.9 Å². The van der Waals surface area contributed by atoms with E-state index in [4.69, 9.17) is 47.6 Å². The first kappa shape index (κ1) is 25.5. The van der Waals surface area contributed by atoms with Crippen LogP contribution in [0.15, 0.2) is 27.7 Å². The van der Waals surface area contributed by atoms with Crippen LogP contribution in [0, 0.1) is 5.41 Å². The van der Waals surface area contributed by atoms with E-state index in [0.717, 1.165) is 19.3 Å². The van der Waals surface area contributed by atoms with Crippen molar-refractivity contribution in [2.45, 2.75) is 39.0 Å². The molecule has 2 aliphatic rings. The van der Waals surface area contributed by atoms with Crippen molar-refractivity contribution >= 4 is 40.4 Å². The molecule has 2 heterocycles. The van der Waals surface area contributed by atoms with Gasteiger partial charge in [-0.2, -0.15) is 0 Å². The Hall–Kier alpha value is -2.16. The highest BCUT2D eigenvalue weighted by molar-refractivity contribution is 6.69. The van der Waals surface area contributed by atoms with Gasteiger partial charge >= 0.3 is 0 Å². The SMILES string of the molecule is CN=C/C(Cl)=C(/CC(=O)c1ccc(OC(C)F)c2c1OCC1(CCCOCC1)CO2)C(=[NH2+])Cl. The minimum Gasteiger partial charge on any atom is -0.488 e. The van der Waals surface area contributed by atoms with Crippen LogP contribution < -0.4 is 19.6 Å². The molecule has 0 amide bonds. The molecule has 2 aliphatic heterocycles. The number of carbonyl (C=O) groups is 1. The highest BCUT2D eigenvalue weighted by Gasteiger charge is 2.38. The number of Topliss-reactive ketones (excluding diaryl/α,β-unsaturated/α-hetero) is 1. The minimum atomic E-state index is -1.57. The van der Waals surface area contributed by atoms with E-state index >= 15 is 0 Å². The van der Waals surface area contributed by atoms with E-state index in [1.165, 1.54) is 32.3 Å². The molecule has 0 saturated carbocycles. The first-order chi connectivity index (χ1) is 15.8. The molecule has 3 rings (SSSR count). The van der Waals surface area contributed by atoms with Crippen LogP contribution >= 0.6 is 23.2 Å². The van der Waals surface area contributed by atoms with Crippen LogP contribution in [0.2, 0.25) is 0 Å².